The molecule has 3 aromatic rings. The van der Waals surface area contributed by atoms with E-state index < -0.39 is 15.9 Å². The molecule has 0 aromatic heterocycles. The molecule has 0 aliphatic carbocycles. The SMILES string of the molecule is Cc1cc(Cl)ccc1NC(=O)CN(Cc1ccccc1)S(=O)(=O)c1ccc2c(c1)OCCO2. The van der Waals surface area contributed by atoms with Crippen LogP contribution in [0, 0.1) is 6.92 Å². The summed E-state index contributed by atoms with van der Waals surface area (Å²) in [4.78, 5) is 12.9. The summed E-state index contributed by atoms with van der Waals surface area (Å²) in [5.74, 6) is 0.395. The second kappa shape index (κ2) is 9.82. The van der Waals surface area contributed by atoms with Crippen molar-refractivity contribution in [1.82, 2.24) is 4.31 Å². The van der Waals surface area contributed by atoms with Crippen molar-refractivity contribution in [1.29, 1.82) is 0 Å². The van der Waals surface area contributed by atoms with Crippen LogP contribution in [0.1, 0.15) is 11.1 Å². The molecule has 0 spiro atoms. The number of hydrogen-bond donors (Lipinski definition) is 1. The predicted molar refractivity (Wildman–Crippen MR) is 126 cm³/mol. The molecule has 0 fully saturated rings. The molecule has 0 saturated carbocycles. The Labute approximate surface area is 197 Å². The topological polar surface area (TPSA) is 84.9 Å². The minimum atomic E-state index is -4.02. The van der Waals surface area contributed by atoms with Gasteiger partial charge in [0.15, 0.2) is 11.5 Å². The van der Waals surface area contributed by atoms with E-state index in [0.29, 0.717) is 35.4 Å². The predicted octanol–water partition coefficient (Wildman–Crippen LogP) is 4.25. The van der Waals surface area contributed by atoms with E-state index in [-0.39, 0.29) is 18.0 Å². The monoisotopic (exact) mass is 486 g/mol. The fourth-order valence-corrected chi connectivity index (χ4v) is 5.09. The van der Waals surface area contributed by atoms with Gasteiger partial charge in [0.05, 0.1) is 11.4 Å². The van der Waals surface area contributed by atoms with Crippen molar-refractivity contribution in [3.05, 3.63) is 82.9 Å². The van der Waals surface area contributed by atoms with E-state index in [1.54, 1.807) is 24.3 Å². The van der Waals surface area contributed by atoms with Gasteiger partial charge in [-0.15, -0.1) is 0 Å². The normalized spacial score (nSPS) is 13.1. The molecule has 0 atom stereocenters. The number of nitrogens with zero attached hydrogens (tertiary/aromatic N) is 1. The maximum absolute atomic E-state index is 13.6. The maximum Gasteiger partial charge on any atom is 0.243 e. The zero-order valence-corrected chi connectivity index (χ0v) is 19.5. The van der Waals surface area contributed by atoms with E-state index in [1.807, 2.05) is 37.3 Å². The third-order valence-electron chi connectivity index (χ3n) is 5.14. The van der Waals surface area contributed by atoms with E-state index in [9.17, 15) is 13.2 Å². The van der Waals surface area contributed by atoms with Crippen molar-refractivity contribution in [3.63, 3.8) is 0 Å². The number of hydrogen-bond acceptors (Lipinski definition) is 5. The van der Waals surface area contributed by atoms with Gasteiger partial charge in [0.2, 0.25) is 15.9 Å². The Hall–Kier alpha value is -3.07. The molecule has 7 nitrogen and oxygen atoms in total. The Morgan fingerprint density at radius 2 is 1.73 bits per heavy atom. The largest absolute Gasteiger partial charge is 0.486 e. The Morgan fingerprint density at radius 3 is 2.45 bits per heavy atom. The number of carbonyl (C=O) groups excluding carboxylic acids is 1. The molecule has 33 heavy (non-hydrogen) atoms. The average molecular weight is 487 g/mol. The first kappa shape index (κ1) is 23.1. The second-order valence-electron chi connectivity index (χ2n) is 7.57. The van der Waals surface area contributed by atoms with E-state index >= 15 is 0 Å². The molecule has 1 N–H and O–H groups in total. The standard InChI is InChI=1S/C24H23ClN2O5S/c1-17-13-19(25)7-9-21(17)26-24(28)16-27(15-18-5-3-2-4-6-18)33(29,30)20-8-10-22-23(14-20)32-12-11-31-22/h2-10,13-14H,11-12,15-16H2,1H3,(H,26,28). The number of carbonyl (C=O) groups is 1. The number of halogens is 1. The first-order valence-corrected chi connectivity index (χ1v) is 12.1. The van der Waals surface area contributed by atoms with Gasteiger partial charge < -0.3 is 14.8 Å². The van der Waals surface area contributed by atoms with Crippen molar-refractivity contribution in [2.24, 2.45) is 0 Å². The number of rotatable bonds is 7. The highest BCUT2D eigenvalue weighted by atomic mass is 35.5. The van der Waals surface area contributed by atoms with Gasteiger partial charge in [0, 0.05) is 23.3 Å². The number of nitrogens with one attached hydrogen (secondary N) is 1. The summed E-state index contributed by atoms with van der Waals surface area (Å²) in [6.45, 7) is 2.23. The molecule has 172 valence electrons. The van der Waals surface area contributed by atoms with Crippen LogP contribution in [0.2, 0.25) is 5.02 Å². The highest BCUT2D eigenvalue weighted by Gasteiger charge is 2.29. The molecule has 9 heteroatoms. The summed E-state index contributed by atoms with van der Waals surface area (Å²) >= 11 is 5.99. The Bertz CT molecular complexity index is 1270. The summed E-state index contributed by atoms with van der Waals surface area (Å²) in [5, 5.41) is 3.33. The quantitative estimate of drug-likeness (QED) is 0.539. The lowest BCUT2D eigenvalue weighted by Crippen LogP contribution is -2.37. The summed E-state index contributed by atoms with van der Waals surface area (Å²) < 4.78 is 39.3. The fraction of sp³-hybridized carbons (Fsp3) is 0.208. The van der Waals surface area contributed by atoms with Gasteiger partial charge in [-0.2, -0.15) is 4.31 Å². The van der Waals surface area contributed by atoms with Gasteiger partial charge in [0.25, 0.3) is 0 Å². The zero-order valence-electron chi connectivity index (χ0n) is 18.0. The molecule has 0 unspecified atom stereocenters. The Morgan fingerprint density at radius 1 is 1.00 bits per heavy atom. The molecule has 1 aliphatic heterocycles. The van der Waals surface area contributed by atoms with E-state index in [0.717, 1.165) is 15.4 Å². The van der Waals surface area contributed by atoms with Crippen LogP contribution >= 0.6 is 11.6 Å². The molecule has 0 radical (unpaired) electrons. The molecule has 1 amide bonds. The van der Waals surface area contributed by atoms with Gasteiger partial charge in [0.1, 0.15) is 13.2 Å². The molecule has 1 aliphatic rings. The second-order valence-corrected chi connectivity index (χ2v) is 9.95. The number of ether oxygens (including phenoxy) is 2. The lowest BCUT2D eigenvalue weighted by molar-refractivity contribution is -0.116. The third-order valence-corrected chi connectivity index (χ3v) is 7.16. The molecule has 1 heterocycles. The van der Waals surface area contributed by atoms with Crippen molar-refractivity contribution in [2.45, 2.75) is 18.4 Å². The summed E-state index contributed by atoms with van der Waals surface area (Å²) in [6, 6.07) is 18.7. The summed E-state index contributed by atoms with van der Waals surface area (Å²) in [5.41, 5.74) is 2.11. The molecule has 3 aromatic carbocycles. The highest BCUT2D eigenvalue weighted by molar-refractivity contribution is 7.89. The van der Waals surface area contributed by atoms with Crippen LogP contribution in [0.25, 0.3) is 0 Å². The van der Waals surface area contributed by atoms with Gasteiger partial charge in [-0.1, -0.05) is 41.9 Å². The maximum atomic E-state index is 13.6. The van der Waals surface area contributed by atoms with Gasteiger partial charge in [-0.05, 0) is 48.4 Å². The minimum Gasteiger partial charge on any atom is -0.486 e. The van der Waals surface area contributed by atoms with Crippen LogP contribution in [0.5, 0.6) is 11.5 Å². The van der Waals surface area contributed by atoms with E-state index in [4.69, 9.17) is 21.1 Å². The third kappa shape index (κ3) is 5.47. The van der Waals surface area contributed by atoms with E-state index in [2.05, 4.69) is 5.32 Å². The lowest BCUT2D eigenvalue weighted by atomic mass is 10.2. The van der Waals surface area contributed by atoms with Crippen molar-refractivity contribution < 1.29 is 22.7 Å². The first-order chi connectivity index (χ1) is 15.8. The van der Waals surface area contributed by atoms with Gasteiger partial charge >= 0.3 is 0 Å². The Kier molecular flexibility index (Phi) is 6.88. The number of sulfonamides is 1. The summed E-state index contributed by atoms with van der Waals surface area (Å²) in [7, 11) is -4.02. The van der Waals surface area contributed by atoms with Crippen molar-refractivity contribution in [2.75, 3.05) is 25.1 Å². The molecule has 0 saturated heterocycles. The number of fused-ring (bicyclic) bond motifs is 1. The van der Waals surface area contributed by atoms with Gasteiger partial charge in [-0.25, -0.2) is 8.42 Å². The van der Waals surface area contributed by atoms with Crippen molar-refractivity contribution >= 4 is 33.2 Å². The molecular weight excluding hydrogens is 464 g/mol. The fourth-order valence-electron chi connectivity index (χ4n) is 3.46. The number of anilines is 1. The number of aryl methyl sites for hydroxylation is 1. The van der Waals surface area contributed by atoms with Crippen LogP contribution in [0.4, 0.5) is 5.69 Å². The molecule has 0 bridgehead atoms. The lowest BCUT2D eigenvalue weighted by Gasteiger charge is -2.24. The van der Waals surface area contributed by atoms with Crippen molar-refractivity contribution in [3.8, 4) is 11.5 Å². The van der Waals surface area contributed by atoms with E-state index in [1.165, 1.54) is 12.1 Å². The first-order valence-electron chi connectivity index (χ1n) is 10.3. The minimum absolute atomic E-state index is 0.0261. The highest BCUT2D eigenvalue weighted by Crippen LogP contribution is 2.33. The zero-order chi connectivity index (χ0) is 23.4. The summed E-state index contributed by atoms with van der Waals surface area (Å²) in [6.07, 6.45) is 0. The molecular formula is C24H23ClN2O5S. The Balaban J connectivity index is 1.62. The van der Waals surface area contributed by atoms with Crippen LogP contribution in [0.15, 0.2) is 71.6 Å². The van der Waals surface area contributed by atoms with Gasteiger partial charge in [-0.3, -0.25) is 4.79 Å². The average Bonchev–Trinajstić information content (AvgIpc) is 2.81. The smallest absolute Gasteiger partial charge is 0.243 e. The molecule has 4 rings (SSSR count). The van der Waals surface area contributed by atoms with Crippen LogP contribution < -0.4 is 14.8 Å². The van der Waals surface area contributed by atoms with Crippen LogP contribution in [-0.2, 0) is 21.4 Å². The number of benzene rings is 3. The van der Waals surface area contributed by atoms with Crippen LogP contribution in [-0.4, -0.2) is 38.4 Å². The van der Waals surface area contributed by atoms with Crippen LogP contribution in [0.3, 0.4) is 0 Å². The number of amides is 1.